The summed E-state index contributed by atoms with van der Waals surface area (Å²) in [6.07, 6.45) is 8.46. The first-order chi connectivity index (χ1) is 21.3. The monoisotopic (exact) mass is 594 g/mol. The van der Waals surface area contributed by atoms with Gasteiger partial charge in [0.1, 0.15) is 11.9 Å². The molecule has 0 spiro atoms. The number of aryl methyl sites for hydroxylation is 1. The van der Waals surface area contributed by atoms with Gasteiger partial charge >= 0.3 is 0 Å². The Morgan fingerprint density at radius 3 is 2.61 bits per heavy atom. The van der Waals surface area contributed by atoms with Crippen molar-refractivity contribution in [2.75, 3.05) is 48.3 Å². The first-order valence-corrected chi connectivity index (χ1v) is 15.7. The molecule has 44 heavy (non-hydrogen) atoms. The molecule has 10 nitrogen and oxygen atoms in total. The van der Waals surface area contributed by atoms with E-state index in [1.165, 1.54) is 5.69 Å². The highest BCUT2D eigenvalue weighted by atomic mass is 16.1. The van der Waals surface area contributed by atoms with E-state index in [2.05, 4.69) is 57.2 Å². The van der Waals surface area contributed by atoms with Crippen LogP contribution in [0.3, 0.4) is 0 Å². The van der Waals surface area contributed by atoms with Crippen LogP contribution in [-0.4, -0.2) is 70.8 Å². The summed E-state index contributed by atoms with van der Waals surface area (Å²) in [6, 6.07) is 11.9. The zero-order valence-electron chi connectivity index (χ0n) is 26.0. The summed E-state index contributed by atoms with van der Waals surface area (Å²) in [7, 11) is 2.16. The van der Waals surface area contributed by atoms with Crippen molar-refractivity contribution in [3.05, 3.63) is 72.1 Å². The Morgan fingerprint density at radius 2 is 1.89 bits per heavy atom. The number of pyridine rings is 1. The average molecular weight is 595 g/mol. The molecule has 1 amide bonds. The van der Waals surface area contributed by atoms with Gasteiger partial charge < -0.3 is 20.4 Å². The zero-order valence-corrected chi connectivity index (χ0v) is 26.0. The van der Waals surface area contributed by atoms with Crippen molar-refractivity contribution in [2.45, 2.75) is 64.0 Å². The Morgan fingerprint density at radius 1 is 1.11 bits per heavy atom. The number of ketones is 1. The topological polar surface area (TPSA) is 107 Å². The number of aromatic nitrogens is 3. The number of nitrogens with zero attached hydrogens (tertiary/aromatic N) is 6. The number of unbranched alkanes of at least 4 members (excludes halogenated alkanes) is 1. The summed E-state index contributed by atoms with van der Waals surface area (Å²) >= 11 is 0. The molecule has 3 aromatic rings. The summed E-state index contributed by atoms with van der Waals surface area (Å²) < 4.78 is 0. The minimum absolute atomic E-state index is 0.00344. The summed E-state index contributed by atoms with van der Waals surface area (Å²) in [5.41, 5.74) is 3.97. The molecule has 0 radical (unpaired) electrons. The highest BCUT2D eigenvalue weighted by Crippen LogP contribution is 2.41. The van der Waals surface area contributed by atoms with Crippen LogP contribution >= 0.6 is 0 Å². The van der Waals surface area contributed by atoms with Gasteiger partial charge in [0, 0.05) is 50.7 Å². The summed E-state index contributed by atoms with van der Waals surface area (Å²) in [4.78, 5) is 47.2. The molecule has 3 aliphatic rings. The number of hydrogen-bond acceptors (Lipinski definition) is 9. The van der Waals surface area contributed by atoms with Crippen LogP contribution in [0.4, 0.5) is 29.0 Å². The third-order valence-corrected chi connectivity index (χ3v) is 9.06. The quantitative estimate of drug-likeness (QED) is 0.258. The van der Waals surface area contributed by atoms with Gasteiger partial charge in [-0.15, -0.1) is 6.58 Å². The van der Waals surface area contributed by atoms with Crippen LogP contribution in [0.25, 0.3) is 0 Å². The van der Waals surface area contributed by atoms with E-state index in [4.69, 9.17) is 9.97 Å². The van der Waals surface area contributed by atoms with E-state index in [-0.39, 0.29) is 11.7 Å². The van der Waals surface area contributed by atoms with Gasteiger partial charge in [-0.25, -0.2) is 9.97 Å². The molecule has 2 atom stereocenters. The molecule has 1 fully saturated rings. The number of nitrogens with one attached hydrogen (secondary N) is 2. The minimum Gasteiger partial charge on any atom is -0.369 e. The molecule has 1 aromatic carbocycles. The van der Waals surface area contributed by atoms with Gasteiger partial charge in [0.05, 0.1) is 16.8 Å². The molecule has 2 N–H and O–H groups in total. The van der Waals surface area contributed by atoms with Crippen molar-refractivity contribution >= 4 is 40.6 Å². The Kier molecular flexibility index (Phi) is 8.35. The Hall–Kier alpha value is -4.31. The highest BCUT2D eigenvalue weighted by molar-refractivity contribution is 6.11. The largest absolute Gasteiger partial charge is 0.369 e. The average Bonchev–Trinajstić information content (AvgIpc) is 3.28. The van der Waals surface area contributed by atoms with Gasteiger partial charge in [-0.1, -0.05) is 12.1 Å². The van der Waals surface area contributed by atoms with Crippen molar-refractivity contribution in [3.63, 3.8) is 0 Å². The van der Waals surface area contributed by atoms with Gasteiger partial charge in [0.2, 0.25) is 11.9 Å². The van der Waals surface area contributed by atoms with Gasteiger partial charge in [-0.05, 0) is 88.4 Å². The number of allylic oxidation sites excluding steroid dienone is 1. The Labute approximate surface area is 259 Å². The second kappa shape index (κ2) is 12.4. The SMILES string of the molecule is C=CCCC[C@@H]1C(=O)c2cnc(Nc3ccc(N4CCN(C)CC4)cc3)nc2N1c1ccc2c(n1)C(C)(NC(C)=O)CCC2. The lowest BCUT2D eigenvalue weighted by atomic mass is 9.81. The van der Waals surface area contributed by atoms with Crippen LogP contribution in [0.2, 0.25) is 0 Å². The van der Waals surface area contributed by atoms with Crippen LogP contribution in [-0.2, 0) is 16.8 Å². The second-order valence-corrected chi connectivity index (χ2v) is 12.4. The third kappa shape index (κ3) is 5.91. The normalized spacial score (nSPS) is 21.5. The second-order valence-electron chi connectivity index (χ2n) is 12.4. The number of carbonyl (C=O) groups is 2. The van der Waals surface area contributed by atoms with Crippen molar-refractivity contribution in [1.82, 2.24) is 25.2 Å². The molecule has 1 aliphatic carbocycles. The lowest BCUT2D eigenvalue weighted by Gasteiger charge is -2.36. The Balaban J connectivity index is 1.31. The molecular weight excluding hydrogens is 552 g/mol. The summed E-state index contributed by atoms with van der Waals surface area (Å²) in [5.74, 6) is 1.53. The molecule has 2 aromatic heterocycles. The fourth-order valence-electron chi connectivity index (χ4n) is 6.72. The lowest BCUT2D eigenvalue weighted by molar-refractivity contribution is -0.121. The third-order valence-electron chi connectivity index (χ3n) is 9.06. The summed E-state index contributed by atoms with van der Waals surface area (Å²) in [5, 5.41) is 6.48. The van der Waals surface area contributed by atoms with E-state index >= 15 is 0 Å². The smallest absolute Gasteiger partial charge is 0.229 e. The minimum atomic E-state index is -0.574. The van der Waals surface area contributed by atoms with E-state index < -0.39 is 11.6 Å². The maximum atomic E-state index is 13.8. The molecule has 230 valence electrons. The van der Waals surface area contributed by atoms with E-state index in [1.54, 1.807) is 13.1 Å². The van der Waals surface area contributed by atoms with Gasteiger partial charge in [0.15, 0.2) is 11.6 Å². The number of likely N-dealkylation sites (N-methyl/N-ethyl adjacent to an activating group) is 1. The fourth-order valence-corrected chi connectivity index (χ4v) is 6.72. The number of anilines is 5. The predicted molar refractivity (Wildman–Crippen MR) is 174 cm³/mol. The maximum absolute atomic E-state index is 13.8. The first-order valence-electron chi connectivity index (χ1n) is 15.7. The van der Waals surface area contributed by atoms with Gasteiger partial charge in [-0.2, -0.15) is 4.98 Å². The molecular formula is C34H42N8O2. The molecule has 0 saturated carbocycles. The van der Waals surface area contributed by atoms with E-state index in [0.29, 0.717) is 29.6 Å². The molecule has 4 heterocycles. The van der Waals surface area contributed by atoms with E-state index in [9.17, 15) is 9.59 Å². The zero-order chi connectivity index (χ0) is 30.8. The van der Waals surface area contributed by atoms with Gasteiger partial charge in [-0.3, -0.25) is 14.5 Å². The van der Waals surface area contributed by atoms with Crippen molar-refractivity contribution in [1.29, 1.82) is 0 Å². The number of amides is 1. The number of piperazine rings is 1. The number of benzene rings is 1. The summed E-state index contributed by atoms with van der Waals surface area (Å²) in [6.45, 7) is 11.6. The van der Waals surface area contributed by atoms with Crippen molar-refractivity contribution in [3.8, 4) is 0 Å². The van der Waals surface area contributed by atoms with Crippen LogP contribution < -0.4 is 20.4 Å². The number of carbonyl (C=O) groups excluding carboxylic acids is 2. The van der Waals surface area contributed by atoms with Crippen molar-refractivity contribution in [2.24, 2.45) is 0 Å². The molecule has 2 aliphatic heterocycles. The van der Waals surface area contributed by atoms with E-state index in [1.807, 2.05) is 36.1 Å². The Bertz CT molecular complexity index is 1550. The molecule has 10 heteroatoms. The number of Topliss-reactive ketones (excluding diaryl/α,β-unsaturated/α-hetero) is 1. The fraction of sp³-hybridized carbons (Fsp3) is 0.441. The molecule has 6 rings (SSSR count). The van der Waals surface area contributed by atoms with Crippen LogP contribution in [0.15, 0.2) is 55.3 Å². The molecule has 1 saturated heterocycles. The number of rotatable bonds is 9. The number of fused-ring (bicyclic) bond motifs is 2. The predicted octanol–water partition coefficient (Wildman–Crippen LogP) is 5.11. The van der Waals surface area contributed by atoms with Crippen molar-refractivity contribution < 1.29 is 9.59 Å². The highest BCUT2D eigenvalue weighted by Gasteiger charge is 2.42. The maximum Gasteiger partial charge on any atom is 0.229 e. The molecule has 0 bridgehead atoms. The number of hydrogen-bond donors (Lipinski definition) is 2. The van der Waals surface area contributed by atoms with Crippen LogP contribution in [0, 0.1) is 0 Å². The van der Waals surface area contributed by atoms with Crippen LogP contribution in [0.1, 0.15) is 67.6 Å². The standard InChI is InChI=1S/C34H42N8O2/c1-5-6-7-10-28-30(44)27-22-35-33(36-25-12-14-26(15-13-25)41-20-18-40(4)19-21-41)38-32(27)42(28)29-16-11-24-9-8-17-34(3,31(24)37-29)39-23(2)43/h5,11-16,22,28H,1,6-10,17-21H2,2-4H3,(H,39,43)(H,35,36,38)/t28-,34?/m1/s1. The molecule has 1 unspecified atom stereocenters. The first kappa shape index (κ1) is 29.7. The van der Waals surface area contributed by atoms with E-state index in [0.717, 1.165) is 75.2 Å². The van der Waals surface area contributed by atoms with Crippen LogP contribution in [0.5, 0.6) is 0 Å². The van der Waals surface area contributed by atoms with Gasteiger partial charge in [0.25, 0.3) is 0 Å². The lowest BCUT2D eigenvalue weighted by Crippen LogP contribution is -2.45.